The van der Waals surface area contributed by atoms with Crippen LogP contribution in [-0.2, 0) is 18.9 Å². The zero-order chi connectivity index (χ0) is 17.5. The first-order valence-electron chi connectivity index (χ1n) is 8.85. The van der Waals surface area contributed by atoms with Crippen LogP contribution in [0.25, 0.3) is 0 Å². The fraction of sp³-hybridized carbons (Fsp3) is 0.882. The van der Waals surface area contributed by atoms with Crippen molar-refractivity contribution >= 4 is 19.8 Å². The Morgan fingerprint density at radius 1 is 1.33 bits per heavy atom. The molecule has 1 unspecified atom stereocenters. The molecule has 0 aromatic heterocycles. The second-order valence-electron chi connectivity index (χ2n) is 7.56. The molecule has 0 saturated carbocycles. The zero-order valence-electron chi connectivity index (χ0n) is 15.2. The Kier molecular flexibility index (Phi) is 8.26. The van der Waals surface area contributed by atoms with Crippen LogP contribution in [0.2, 0.25) is 25.7 Å². The summed E-state index contributed by atoms with van der Waals surface area (Å²) in [7, 11) is -1.06. The first-order chi connectivity index (χ1) is 11.4. The van der Waals surface area contributed by atoms with Crippen molar-refractivity contribution in [2.45, 2.75) is 56.8 Å². The van der Waals surface area contributed by atoms with E-state index in [2.05, 4.69) is 25.7 Å². The molecule has 2 aliphatic heterocycles. The molecular weight excluding hydrogens is 344 g/mol. The minimum absolute atomic E-state index is 0.0304. The maximum atomic E-state index is 9.29. The summed E-state index contributed by atoms with van der Waals surface area (Å²) in [6.07, 6.45) is 4.36. The van der Waals surface area contributed by atoms with E-state index in [1.807, 2.05) is 11.8 Å². The van der Waals surface area contributed by atoms with Crippen molar-refractivity contribution in [3.63, 3.8) is 0 Å². The maximum Gasteiger partial charge on any atom is 0.189 e. The molecule has 1 saturated heterocycles. The monoisotopic (exact) mass is 376 g/mol. The molecule has 2 heterocycles. The SMILES string of the molecule is C[Si](C)(C)CCOCOC(CCO)CC1=CC2(CCS1)OCCO2. The summed E-state index contributed by atoms with van der Waals surface area (Å²) < 4.78 is 23.0. The molecule has 0 aromatic rings. The summed E-state index contributed by atoms with van der Waals surface area (Å²) in [4.78, 5) is 1.23. The van der Waals surface area contributed by atoms with E-state index in [0.717, 1.165) is 31.2 Å². The molecular formula is C17H32O5SSi. The smallest absolute Gasteiger partial charge is 0.189 e. The summed E-state index contributed by atoms with van der Waals surface area (Å²) in [6.45, 7) is 9.50. The molecule has 1 N–H and O–H groups in total. The lowest BCUT2D eigenvalue weighted by Gasteiger charge is -2.30. The topological polar surface area (TPSA) is 57.2 Å². The van der Waals surface area contributed by atoms with Gasteiger partial charge in [0.1, 0.15) is 6.79 Å². The van der Waals surface area contributed by atoms with E-state index in [9.17, 15) is 5.11 Å². The molecule has 2 aliphatic rings. The van der Waals surface area contributed by atoms with Crippen LogP contribution in [0.4, 0.5) is 0 Å². The second-order valence-corrected chi connectivity index (χ2v) is 14.4. The van der Waals surface area contributed by atoms with Crippen LogP contribution in [0.15, 0.2) is 11.0 Å². The third-order valence-electron chi connectivity index (χ3n) is 4.16. The Morgan fingerprint density at radius 2 is 2.08 bits per heavy atom. The lowest BCUT2D eigenvalue weighted by molar-refractivity contribution is -0.118. The Bertz CT molecular complexity index is 404. The number of aliphatic hydroxyl groups excluding tert-OH is 1. The minimum atomic E-state index is -1.06. The summed E-state index contributed by atoms with van der Waals surface area (Å²) >= 11 is 1.83. The molecule has 140 valence electrons. The van der Waals surface area contributed by atoms with E-state index in [1.54, 1.807) is 0 Å². The Morgan fingerprint density at radius 3 is 2.75 bits per heavy atom. The molecule has 1 spiro atoms. The van der Waals surface area contributed by atoms with Crippen LogP contribution < -0.4 is 0 Å². The van der Waals surface area contributed by atoms with Gasteiger partial charge in [0, 0.05) is 39.9 Å². The third-order valence-corrected chi connectivity index (χ3v) is 6.93. The normalized spacial score (nSPS) is 21.9. The summed E-state index contributed by atoms with van der Waals surface area (Å²) in [5, 5.41) is 9.29. The number of aliphatic hydroxyl groups is 1. The highest BCUT2D eigenvalue weighted by Crippen LogP contribution is 2.38. The molecule has 1 atom stereocenters. The quantitative estimate of drug-likeness (QED) is 0.359. The van der Waals surface area contributed by atoms with E-state index in [4.69, 9.17) is 18.9 Å². The predicted molar refractivity (Wildman–Crippen MR) is 100.0 cm³/mol. The van der Waals surface area contributed by atoms with Gasteiger partial charge in [-0.05, 0) is 23.4 Å². The highest BCUT2D eigenvalue weighted by Gasteiger charge is 2.37. The van der Waals surface area contributed by atoms with Gasteiger partial charge in [0.2, 0.25) is 0 Å². The molecule has 0 bridgehead atoms. The lowest BCUT2D eigenvalue weighted by Crippen LogP contribution is -2.31. The van der Waals surface area contributed by atoms with E-state index < -0.39 is 13.9 Å². The number of ether oxygens (including phenoxy) is 4. The number of rotatable bonds is 10. The Hall–Kier alpha value is 0.107. The van der Waals surface area contributed by atoms with Gasteiger partial charge in [-0.2, -0.15) is 0 Å². The van der Waals surface area contributed by atoms with Crippen LogP contribution in [-0.4, -0.2) is 64.0 Å². The summed E-state index contributed by atoms with van der Waals surface area (Å²) in [5.41, 5.74) is 0. The van der Waals surface area contributed by atoms with E-state index in [1.165, 1.54) is 4.91 Å². The van der Waals surface area contributed by atoms with Crippen molar-refractivity contribution in [1.29, 1.82) is 0 Å². The standard InChI is InChI=1S/C17H32O5SSi/c1-24(2,3)11-9-19-14-20-15(4-6-18)12-16-13-17(5-10-23-16)21-7-8-22-17/h13,15,18H,4-12,14H2,1-3H3. The van der Waals surface area contributed by atoms with E-state index >= 15 is 0 Å². The lowest BCUT2D eigenvalue weighted by atomic mass is 10.1. The van der Waals surface area contributed by atoms with Crippen molar-refractivity contribution in [3.05, 3.63) is 11.0 Å². The van der Waals surface area contributed by atoms with Crippen molar-refractivity contribution in [2.24, 2.45) is 0 Å². The van der Waals surface area contributed by atoms with Gasteiger partial charge in [-0.3, -0.25) is 0 Å². The largest absolute Gasteiger partial charge is 0.396 e. The molecule has 1 fully saturated rings. The minimum Gasteiger partial charge on any atom is -0.396 e. The Balaban J connectivity index is 1.77. The molecule has 0 aliphatic carbocycles. The van der Waals surface area contributed by atoms with Gasteiger partial charge in [-0.1, -0.05) is 19.6 Å². The van der Waals surface area contributed by atoms with Crippen LogP contribution >= 0.6 is 11.8 Å². The van der Waals surface area contributed by atoms with Crippen molar-refractivity contribution in [2.75, 3.05) is 39.0 Å². The molecule has 0 radical (unpaired) electrons. The van der Waals surface area contributed by atoms with E-state index in [-0.39, 0.29) is 12.7 Å². The summed E-state index contributed by atoms with van der Waals surface area (Å²) in [6, 6.07) is 1.14. The van der Waals surface area contributed by atoms with Crippen LogP contribution in [0.5, 0.6) is 0 Å². The zero-order valence-corrected chi connectivity index (χ0v) is 17.0. The van der Waals surface area contributed by atoms with Crippen LogP contribution in [0.1, 0.15) is 19.3 Å². The highest BCUT2D eigenvalue weighted by atomic mass is 32.2. The summed E-state index contributed by atoms with van der Waals surface area (Å²) in [5.74, 6) is 0.475. The number of thioether (sulfide) groups is 1. The predicted octanol–water partition coefficient (Wildman–Crippen LogP) is 3.22. The van der Waals surface area contributed by atoms with E-state index in [0.29, 0.717) is 26.4 Å². The maximum absolute atomic E-state index is 9.29. The van der Waals surface area contributed by atoms with Gasteiger partial charge < -0.3 is 24.1 Å². The van der Waals surface area contributed by atoms with Gasteiger partial charge in [0.15, 0.2) is 5.79 Å². The van der Waals surface area contributed by atoms with Crippen LogP contribution in [0, 0.1) is 0 Å². The third kappa shape index (κ3) is 7.15. The fourth-order valence-electron chi connectivity index (χ4n) is 2.69. The van der Waals surface area contributed by atoms with Gasteiger partial charge in [-0.25, -0.2) is 0 Å². The van der Waals surface area contributed by atoms with Crippen molar-refractivity contribution in [3.8, 4) is 0 Å². The van der Waals surface area contributed by atoms with Gasteiger partial charge in [0.25, 0.3) is 0 Å². The molecule has 2 rings (SSSR count). The number of hydrogen-bond donors (Lipinski definition) is 1. The average Bonchev–Trinajstić information content (AvgIpc) is 2.93. The molecule has 0 amide bonds. The van der Waals surface area contributed by atoms with Crippen molar-refractivity contribution in [1.82, 2.24) is 0 Å². The molecule has 0 aromatic carbocycles. The number of hydrogen-bond acceptors (Lipinski definition) is 6. The van der Waals surface area contributed by atoms with Gasteiger partial charge >= 0.3 is 0 Å². The second kappa shape index (κ2) is 9.71. The first-order valence-corrected chi connectivity index (χ1v) is 13.5. The average molecular weight is 377 g/mol. The van der Waals surface area contributed by atoms with Crippen molar-refractivity contribution < 1.29 is 24.1 Å². The molecule has 5 nitrogen and oxygen atoms in total. The molecule has 24 heavy (non-hydrogen) atoms. The van der Waals surface area contributed by atoms with Gasteiger partial charge in [-0.15, -0.1) is 11.8 Å². The van der Waals surface area contributed by atoms with Gasteiger partial charge in [0.05, 0.1) is 19.3 Å². The fourth-order valence-corrected chi connectivity index (χ4v) is 4.67. The first kappa shape index (κ1) is 20.4. The van der Waals surface area contributed by atoms with Crippen LogP contribution in [0.3, 0.4) is 0 Å². The molecule has 7 heteroatoms. The highest BCUT2D eigenvalue weighted by molar-refractivity contribution is 8.03. The Labute approximate surface area is 151 Å².